The van der Waals surface area contributed by atoms with Gasteiger partial charge in [0.1, 0.15) is 17.7 Å². The van der Waals surface area contributed by atoms with Crippen molar-refractivity contribution < 1.29 is 4.52 Å². The van der Waals surface area contributed by atoms with Gasteiger partial charge in [0.15, 0.2) is 5.82 Å². The van der Waals surface area contributed by atoms with E-state index in [2.05, 4.69) is 32.6 Å². The third-order valence-electron chi connectivity index (χ3n) is 7.13. The highest BCUT2D eigenvalue weighted by molar-refractivity contribution is 5.88. The largest absolute Gasteiger partial charge is 0.363 e. The topological polar surface area (TPSA) is 101 Å². The number of fused-ring (bicyclic) bond motifs is 2. The Morgan fingerprint density at radius 1 is 1.00 bits per heavy atom. The third-order valence-corrected chi connectivity index (χ3v) is 7.13. The van der Waals surface area contributed by atoms with Crippen LogP contribution in [0, 0.1) is 0 Å². The van der Waals surface area contributed by atoms with E-state index in [9.17, 15) is 4.79 Å². The van der Waals surface area contributed by atoms with Crippen LogP contribution in [-0.4, -0.2) is 24.7 Å². The van der Waals surface area contributed by atoms with Crippen LogP contribution in [0.15, 0.2) is 101 Å². The summed E-state index contributed by atoms with van der Waals surface area (Å²) in [6.45, 7) is 0. The molecule has 38 heavy (non-hydrogen) atoms. The van der Waals surface area contributed by atoms with Crippen LogP contribution in [0.2, 0.25) is 0 Å². The van der Waals surface area contributed by atoms with Crippen molar-refractivity contribution in [2.45, 2.75) is 25.2 Å². The number of anilines is 2. The van der Waals surface area contributed by atoms with E-state index in [-0.39, 0.29) is 11.5 Å². The van der Waals surface area contributed by atoms with Gasteiger partial charge in [-0.3, -0.25) is 9.78 Å². The van der Waals surface area contributed by atoms with Crippen LogP contribution >= 0.6 is 0 Å². The van der Waals surface area contributed by atoms with Gasteiger partial charge in [0.05, 0.1) is 16.8 Å². The predicted octanol–water partition coefficient (Wildman–Crippen LogP) is 6.46. The molecule has 4 aromatic heterocycles. The Morgan fingerprint density at radius 2 is 1.92 bits per heavy atom. The fourth-order valence-corrected chi connectivity index (χ4v) is 5.34. The van der Waals surface area contributed by atoms with E-state index >= 15 is 0 Å². The molecular formula is C30H24N6O2. The summed E-state index contributed by atoms with van der Waals surface area (Å²) in [6, 6.07) is 21.5. The lowest BCUT2D eigenvalue weighted by Crippen LogP contribution is -2.20. The van der Waals surface area contributed by atoms with Crippen LogP contribution in [0.25, 0.3) is 38.9 Å². The summed E-state index contributed by atoms with van der Waals surface area (Å²) in [5.74, 6) is 1.27. The molecular weight excluding hydrogens is 476 g/mol. The molecule has 7 rings (SSSR count). The molecule has 0 saturated heterocycles. The molecule has 2 aromatic carbocycles. The van der Waals surface area contributed by atoms with Crippen molar-refractivity contribution in [3.05, 3.63) is 107 Å². The van der Waals surface area contributed by atoms with E-state index in [1.807, 2.05) is 60.7 Å². The van der Waals surface area contributed by atoms with Crippen molar-refractivity contribution in [2.24, 2.45) is 0 Å². The van der Waals surface area contributed by atoms with Crippen molar-refractivity contribution in [1.29, 1.82) is 0 Å². The maximum Gasteiger partial charge on any atom is 0.284 e. The Bertz CT molecular complexity index is 1850. The average molecular weight is 501 g/mol. The Balaban J connectivity index is 1.52. The number of nitrogens with zero attached hydrogens (tertiary/aromatic N) is 4. The summed E-state index contributed by atoms with van der Waals surface area (Å²) in [5, 5.41) is 13.2. The second-order valence-electron chi connectivity index (χ2n) is 9.47. The van der Waals surface area contributed by atoms with Crippen LogP contribution < -0.4 is 10.9 Å². The normalized spacial score (nSPS) is 15.3. The first kappa shape index (κ1) is 22.2. The second-order valence-corrected chi connectivity index (χ2v) is 9.47. The fraction of sp³-hybridized carbons (Fsp3) is 0.133. The zero-order chi connectivity index (χ0) is 25.5. The fourth-order valence-electron chi connectivity index (χ4n) is 5.34. The molecule has 8 nitrogen and oxygen atoms in total. The smallest absolute Gasteiger partial charge is 0.284 e. The van der Waals surface area contributed by atoms with E-state index in [0.29, 0.717) is 22.8 Å². The minimum atomic E-state index is -0.220. The summed E-state index contributed by atoms with van der Waals surface area (Å²) in [7, 11) is 0. The van der Waals surface area contributed by atoms with Gasteiger partial charge >= 0.3 is 0 Å². The number of aromatic amines is 1. The van der Waals surface area contributed by atoms with E-state index in [4.69, 9.17) is 9.62 Å². The quantitative estimate of drug-likeness (QED) is 0.264. The summed E-state index contributed by atoms with van der Waals surface area (Å²) in [6.07, 6.45) is 10.6. The first-order valence-electron chi connectivity index (χ1n) is 12.7. The van der Waals surface area contributed by atoms with Crippen molar-refractivity contribution in [3.63, 3.8) is 0 Å². The predicted molar refractivity (Wildman–Crippen MR) is 148 cm³/mol. The molecule has 4 heterocycles. The number of hydrogen-bond acceptors (Lipinski definition) is 6. The van der Waals surface area contributed by atoms with Crippen LogP contribution in [-0.2, 0) is 0 Å². The minimum Gasteiger partial charge on any atom is -0.363 e. The van der Waals surface area contributed by atoms with Crippen molar-refractivity contribution in [2.75, 3.05) is 5.32 Å². The van der Waals surface area contributed by atoms with Gasteiger partial charge < -0.3 is 14.8 Å². The Kier molecular flexibility index (Phi) is 5.36. The average Bonchev–Trinajstić information content (AvgIpc) is 3.62. The Morgan fingerprint density at radius 3 is 2.74 bits per heavy atom. The molecule has 8 heteroatoms. The number of hydrogen-bond donors (Lipinski definition) is 2. The molecule has 1 unspecified atom stereocenters. The molecule has 1 aliphatic rings. The van der Waals surface area contributed by atoms with Gasteiger partial charge in [0.2, 0.25) is 0 Å². The van der Waals surface area contributed by atoms with Crippen LogP contribution in [0.3, 0.4) is 0 Å². The minimum absolute atomic E-state index is 0.220. The maximum absolute atomic E-state index is 14.3. The zero-order valence-electron chi connectivity index (χ0n) is 20.5. The molecule has 0 spiro atoms. The SMILES string of the molecule is O=c1c(-c2ccc3ncccc3c2)c(Nc2ccon2)[nH]c2c(C3CC=CCC3)c(-c3ccccc3)nn12. The number of pyridine rings is 1. The van der Waals surface area contributed by atoms with Crippen molar-refractivity contribution >= 4 is 28.2 Å². The number of allylic oxidation sites excluding steroid dienone is 2. The van der Waals surface area contributed by atoms with Gasteiger partial charge in [-0.2, -0.15) is 9.61 Å². The van der Waals surface area contributed by atoms with Crippen LogP contribution in [0.1, 0.15) is 30.7 Å². The molecule has 0 bridgehead atoms. The first-order chi connectivity index (χ1) is 18.8. The van der Waals surface area contributed by atoms with Gasteiger partial charge in [0, 0.05) is 28.8 Å². The summed E-state index contributed by atoms with van der Waals surface area (Å²) >= 11 is 0. The highest BCUT2D eigenvalue weighted by atomic mass is 16.5. The van der Waals surface area contributed by atoms with Crippen LogP contribution in [0.5, 0.6) is 0 Å². The number of H-pyrrole nitrogens is 1. The number of nitrogens with one attached hydrogen (secondary N) is 2. The molecule has 0 saturated carbocycles. The molecule has 0 radical (unpaired) electrons. The highest BCUT2D eigenvalue weighted by Crippen LogP contribution is 2.39. The van der Waals surface area contributed by atoms with E-state index in [1.165, 1.54) is 10.8 Å². The Hall–Kier alpha value is -4.98. The molecule has 0 aliphatic heterocycles. The molecule has 1 atom stereocenters. The van der Waals surface area contributed by atoms with Gasteiger partial charge in [-0.25, -0.2) is 0 Å². The maximum atomic E-state index is 14.3. The van der Waals surface area contributed by atoms with Gasteiger partial charge in [-0.1, -0.05) is 59.8 Å². The van der Waals surface area contributed by atoms with Gasteiger partial charge in [0.25, 0.3) is 5.56 Å². The molecule has 2 N–H and O–H groups in total. The lowest BCUT2D eigenvalue weighted by molar-refractivity contribution is 0.423. The second kappa shape index (κ2) is 9.15. The molecule has 6 aromatic rings. The summed E-state index contributed by atoms with van der Waals surface area (Å²) in [4.78, 5) is 22.2. The molecule has 186 valence electrons. The molecule has 1 aliphatic carbocycles. The molecule has 0 fully saturated rings. The molecule has 0 amide bonds. The van der Waals surface area contributed by atoms with Crippen molar-refractivity contribution in [3.8, 4) is 22.4 Å². The van der Waals surface area contributed by atoms with Crippen LogP contribution in [0.4, 0.5) is 11.6 Å². The Labute approximate surface area is 217 Å². The third kappa shape index (κ3) is 3.78. The lowest BCUT2D eigenvalue weighted by atomic mass is 9.86. The first-order valence-corrected chi connectivity index (χ1v) is 12.7. The van der Waals surface area contributed by atoms with Gasteiger partial charge in [-0.15, -0.1) is 0 Å². The number of benzene rings is 2. The van der Waals surface area contributed by atoms with E-state index < -0.39 is 0 Å². The van der Waals surface area contributed by atoms with Crippen molar-refractivity contribution in [1.82, 2.24) is 24.7 Å². The zero-order valence-corrected chi connectivity index (χ0v) is 20.5. The van der Waals surface area contributed by atoms with Gasteiger partial charge in [-0.05, 0) is 48.9 Å². The highest BCUT2D eigenvalue weighted by Gasteiger charge is 2.27. The van der Waals surface area contributed by atoms with E-state index in [0.717, 1.165) is 52.5 Å². The van der Waals surface area contributed by atoms with E-state index in [1.54, 1.807) is 12.3 Å². The number of rotatable bonds is 5. The summed E-state index contributed by atoms with van der Waals surface area (Å²) in [5.41, 5.74) is 5.40. The summed E-state index contributed by atoms with van der Waals surface area (Å²) < 4.78 is 6.57. The number of aromatic nitrogens is 5. The monoisotopic (exact) mass is 500 g/mol. The lowest BCUT2D eigenvalue weighted by Gasteiger charge is -2.19. The standard InChI is InChI=1S/C30H24N6O2/c37-30-26(22-13-14-23-21(18-22)12-7-16-31-23)28(32-24-15-17-38-35-24)33-29-25(19-8-3-1-4-9-19)27(34-36(29)30)20-10-5-2-6-11-20/h1-3,5-7,10-19,33H,4,8-9H2,(H,32,35).